The van der Waals surface area contributed by atoms with E-state index >= 15 is 0 Å². The Labute approximate surface area is 210 Å². The number of rotatable bonds is 1. The molecule has 0 spiro atoms. The summed E-state index contributed by atoms with van der Waals surface area (Å²) in [4.78, 5) is 0. The van der Waals surface area contributed by atoms with E-state index < -0.39 is 0 Å². The lowest BCUT2D eigenvalue weighted by molar-refractivity contribution is 0.667. The van der Waals surface area contributed by atoms with Gasteiger partial charge in [-0.2, -0.15) is 0 Å². The molecule has 0 unspecified atom stereocenters. The third-order valence-corrected chi connectivity index (χ3v) is 8.32. The van der Waals surface area contributed by atoms with Crippen LogP contribution in [0, 0.1) is 0 Å². The van der Waals surface area contributed by atoms with Crippen molar-refractivity contribution in [3.63, 3.8) is 0 Å². The Morgan fingerprint density at radius 2 is 1.19 bits per heavy atom. The van der Waals surface area contributed by atoms with E-state index in [0.29, 0.717) is 0 Å². The zero-order valence-corrected chi connectivity index (χ0v) is 20.4. The molecule has 1 nitrogen and oxygen atoms in total. The highest BCUT2D eigenvalue weighted by molar-refractivity contribution is 6.15. The highest BCUT2D eigenvalue weighted by Gasteiger charge is 2.38. The highest BCUT2D eigenvalue weighted by atomic mass is 15.0. The molecule has 0 fully saturated rings. The van der Waals surface area contributed by atoms with Crippen molar-refractivity contribution in [3.05, 3.63) is 126 Å². The molecule has 0 amide bonds. The first-order valence-corrected chi connectivity index (χ1v) is 12.7. The van der Waals surface area contributed by atoms with Gasteiger partial charge in [-0.05, 0) is 68.7 Å². The Kier molecular flexibility index (Phi) is 3.79. The van der Waals surface area contributed by atoms with Crippen molar-refractivity contribution in [1.82, 2.24) is 4.57 Å². The quantitative estimate of drug-likeness (QED) is 0.230. The van der Waals surface area contributed by atoms with Crippen LogP contribution in [0.5, 0.6) is 0 Å². The second kappa shape index (κ2) is 6.86. The van der Waals surface area contributed by atoms with Gasteiger partial charge in [0.1, 0.15) is 0 Å². The van der Waals surface area contributed by atoms with E-state index in [1.807, 2.05) is 0 Å². The van der Waals surface area contributed by atoms with E-state index in [0.717, 1.165) is 0 Å². The fraction of sp³-hybridized carbons (Fsp3) is 0.0857. The predicted octanol–water partition coefficient (Wildman–Crippen LogP) is 9.40. The molecule has 0 aliphatic heterocycles. The van der Waals surface area contributed by atoms with Crippen LogP contribution in [0.3, 0.4) is 0 Å². The van der Waals surface area contributed by atoms with Crippen molar-refractivity contribution in [2.45, 2.75) is 19.3 Å². The second-order valence-corrected chi connectivity index (χ2v) is 10.6. The summed E-state index contributed by atoms with van der Waals surface area (Å²) in [5, 5.41) is 7.85. The highest BCUT2D eigenvalue weighted by Crippen LogP contribution is 2.54. The first kappa shape index (κ1) is 19.9. The first-order chi connectivity index (χ1) is 17.6. The number of para-hydroxylation sites is 1. The van der Waals surface area contributed by atoms with Crippen molar-refractivity contribution in [3.8, 4) is 16.8 Å². The van der Waals surface area contributed by atoms with Crippen LogP contribution in [0.25, 0.3) is 60.2 Å². The largest absolute Gasteiger partial charge is 0.309 e. The molecule has 1 heteroatoms. The molecule has 1 aliphatic carbocycles. The van der Waals surface area contributed by atoms with Gasteiger partial charge in [0.05, 0.1) is 16.7 Å². The van der Waals surface area contributed by atoms with Crippen LogP contribution < -0.4 is 0 Å². The maximum absolute atomic E-state index is 2.48. The summed E-state index contributed by atoms with van der Waals surface area (Å²) < 4.78 is 2.48. The molecule has 7 aromatic rings. The lowest BCUT2D eigenvalue weighted by Gasteiger charge is -2.23. The molecular formula is C35H25N. The molecule has 0 saturated carbocycles. The van der Waals surface area contributed by atoms with Gasteiger partial charge in [0.15, 0.2) is 0 Å². The van der Waals surface area contributed by atoms with Gasteiger partial charge in [-0.25, -0.2) is 0 Å². The van der Waals surface area contributed by atoms with E-state index in [1.165, 1.54) is 71.3 Å². The molecule has 1 aromatic heterocycles. The lowest BCUT2D eigenvalue weighted by atomic mass is 9.80. The number of hydrogen-bond acceptors (Lipinski definition) is 0. The fourth-order valence-corrected chi connectivity index (χ4v) is 6.71. The van der Waals surface area contributed by atoms with Gasteiger partial charge in [0.25, 0.3) is 0 Å². The normalized spacial score (nSPS) is 14.1. The maximum Gasteiger partial charge on any atom is 0.0544 e. The fourth-order valence-electron chi connectivity index (χ4n) is 6.71. The van der Waals surface area contributed by atoms with Gasteiger partial charge >= 0.3 is 0 Å². The Morgan fingerprint density at radius 3 is 2.03 bits per heavy atom. The SMILES string of the molecule is CC1(C)c2cc3ccccc3cc2-c2ccc3c(c21)c1ccccc1n3-c1cccc2ccccc12. The van der Waals surface area contributed by atoms with Crippen LogP contribution in [0.15, 0.2) is 115 Å². The first-order valence-electron chi connectivity index (χ1n) is 12.7. The van der Waals surface area contributed by atoms with E-state index in [9.17, 15) is 0 Å². The van der Waals surface area contributed by atoms with Crippen molar-refractivity contribution in [2.24, 2.45) is 0 Å². The summed E-state index contributed by atoms with van der Waals surface area (Å²) in [6, 6.07) is 42.5. The number of benzene rings is 6. The number of hydrogen-bond donors (Lipinski definition) is 0. The summed E-state index contributed by atoms with van der Waals surface area (Å²) in [5.74, 6) is 0. The molecule has 0 bridgehead atoms. The van der Waals surface area contributed by atoms with E-state index in [-0.39, 0.29) is 5.41 Å². The minimum Gasteiger partial charge on any atom is -0.309 e. The van der Waals surface area contributed by atoms with E-state index in [1.54, 1.807) is 0 Å². The molecule has 36 heavy (non-hydrogen) atoms. The third kappa shape index (κ3) is 2.45. The summed E-state index contributed by atoms with van der Waals surface area (Å²) in [5.41, 5.74) is 9.28. The molecule has 1 aliphatic rings. The zero-order valence-electron chi connectivity index (χ0n) is 20.4. The number of nitrogens with zero attached hydrogens (tertiary/aromatic N) is 1. The summed E-state index contributed by atoms with van der Waals surface area (Å²) in [6.45, 7) is 4.80. The van der Waals surface area contributed by atoms with Crippen LogP contribution in [0.2, 0.25) is 0 Å². The molecule has 0 atom stereocenters. The molecular weight excluding hydrogens is 434 g/mol. The van der Waals surface area contributed by atoms with Crippen molar-refractivity contribution < 1.29 is 0 Å². The third-order valence-electron chi connectivity index (χ3n) is 8.32. The predicted molar refractivity (Wildman–Crippen MR) is 153 cm³/mol. The van der Waals surface area contributed by atoms with Gasteiger partial charge in [-0.1, -0.05) is 98.8 Å². The molecule has 1 heterocycles. The van der Waals surface area contributed by atoms with Crippen LogP contribution in [0.4, 0.5) is 0 Å². The smallest absolute Gasteiger partial charge is 0.0544 e. The number of fused-ring (bicyclic) bond motifs is 9. The standard InChI is InChI=1S/C35H25N/c1-35(2)29-21-24-12-4-3-11-23(24)20-28(29)26-18-19-32-33(34(26)35)27-15-7-8-16-31(27)36(32)30-17-9-13-22-10-5-6-14-25(22)30/h3-21H,1-2H3. The topological polar surface area (TPSA) is 4.93 Å². The second-order valence-electron chi connectivity index (χ2n) is 10.6. The van der Waals surface area contributed by atoms with Crippen LogP contribution in [-0.2, 0) is 5.41 Å². The molecule has 6 aromatic carbocycles. The Bertz CT molecular complexity index is 2010. The molecule has 0 radical (unpaired) electrons. The van der Waals surface area contributed by atoms with E-state index in [4.69, 9.17) is 0 Å². The lowest BCUT2D eigenvalue weighted by Crippen LogP contribution is -2.15. The van der Waals surface area contributed by atoms with Gasteiger partial charge < -0.3 is 4.57 Å². The summed E-state index contributed by atoms with van der Waals surface area (Å²) >= 11 is 0. The number of aromatic nitrogens is 1. The van der Waals surface area contributed by atoms with Crippen LogP contribution >= 0.6 is 0 Å². The van der Waals surface area contributed by atoms with Gasteiger partial charge in [-0.3, -0.25) is 0 Å². The molecule has 0 N–H and O–H groups in total. The maximum atomic E-state index is 2.48. The zero-order chi connectivity index (χ0) is 24.0. The summed E-state index contributed by atoms with van der Waals surface area (Å²) in [6.07, 6.45) is 0. The average molecular weight is 460 g/mol. The van der Waals surface area contributed by atoms with E-state index in [2.05, 4.69) is 134 Å². The molecule has 170 valence electrons. The van der Waals surface area contributed by atoms with Crippen molar-refractivity contribution >= 4 is 43.4 Å². The Balaban J connectivity index is 1.54. The monoisotopic (exact) mass is 459 g/mol. The molecule has 0 saturated heterocycles. The van der Waals surface area contributed by atoms with Gasteiger partial charge in [0, 0.05) is 21.6 Å². The van der Waals surface area contributed by atoms with Gasteiger partial charge in [-0.15, -0.1) is 0 Å². The van der Waals surface area contributed by atoms with Crippen molar-refractivity contribution in [2.75, 3.05) is 0 Å². The average Bonchev–Trinajstić information content (AvgIpc) is 3.36. The minimum atomic E-state index is -0.0953. The van der Waals surface area contributed by atoms with Gasteiger partial charge in [0.2, 0.25) is 0 Å². The van der Waals surface area contributed by atoms with Crippen LogP contribution in [0.1, 0.15) is 25.0 Å². The Hall–Kier alpha value is -4.36. The molecule has 8 rings (SSSR count). The summed E-state index contributed by atoms with van der Waals surface area (Å²) in [7, 11) is 0. The van der Waals surface area contributed by atoms with Crippen LogP contribution in [-0.4, -0.2) is 4.57 Å². The Morgan fingerprint density at radius 1 is 0.528 bits per heavy atom. The minimum absolute atomic E-state index is 0.0953. The van der Waals surface area contributed by atoms with Crippen molar-refractivity contribution in [1.29, 1.82) is 0 Å².